The number of halogens is 4. The van der Waals surface area contributed by atoms with Gasteiger partial charge in [0.05, 0.1) is 21.4 Å². The van der Waals surface area contributed by atoms with Crippen molar-refractivity contribution in [2.45, 2.75) is 32.1 Å². The lowest BCUT2D eigenvalue weighted by molar-refractivity contribution is -0.122. The third-order valence-corrected chi connectivity index (χ3v) is 6.19. The molecule has 0 radical (unpaired) electrons. The molecule has 4 rings (SSSR count). The molecular formula is C22H18Cl2F2N2O3. The summed E-state index contributed by atoms with van der Waals surface area (Å²) < 4.78 is 27.2. The maximum Gasteiger partial charge on any atom is 0.234 e. The molecule has 2 aromatic rings. The first kappa shape index (κ1) is 21.7. The fourth-order valence-electron chi connectivity index (χ4n) is 4.10. The minimum absolute atomic E-state index is 0.0776. The first-order chi connectivity index (χ1) is 14.7. The van der Waals surface area contributed by atoms with E-state index >= 15 is 0 Å². The summed E-state index contributed by atoms with van der Waals surface area (Å²) in [6.45, 7) is 0.260. The van der Waals surface area contributed by atoms with Gasteiger partial charge in [0.1, 0.15) is 11.6 Å². The molecule has 0 aromatic heterocycles. The summed E-state index contributed by atoms with van der Waals surface area (Å²) in [7, 11) is 0. The number of imide groups is 1. The van der Waals surface area contributed by atoms with Crippen molar-refractivity contribution in [2.75, 3.05) is 16.3 Å². The highest BCUT2D eigenvalue weighted by molar-refractivity contribution is 6.40. The van der Waals surface area contributed by atoms with Crippen molar-refractivity contribution in [1.29, 1.82) is 0 Å². The molecule has 0 spiro atoms. The molecule has 2 heterocycles. The van der Waals surface area contributed by atoms with Crippen LogP contribution in [0, 0.1) is 17.6 Å². The van der Waals surface area contributed by atoms with Crippen LogP contribution >= 0.6 is 23.2 Å². The van der Waals surface area contributed by atoms with Gasteiger partial charge >= 0.3 is 0 Å². The Balaban J connectivity index is 1.59. The van der Waals surface area contributed by atoms with Crippen LogP contribution in [0.4, 0.5) is 20.2 Å². The average molecular weight is 467 g/mol. The van der Waals surface area contributed by atoms with Gasteiger partial charge in [0.15, 0.2) is 0 Å². The van der Waals surface area contributed by atoms with Gasteiger partial charge in [0, 0.05) is 31.9 Å². The van der Waals surface area contributed by atoms with Crippen LogP contribution in [0.2, 0.25) is 10.0 Å². The van der Waals surface area contributed by atoms with Gasteiger partial charge in [-0.3, -0.25) is 19.3 Å². The fraction of sp³-hybridized carbons (Fsp3) is 0.318. The first-order valence-electron chi connectivity index (χ1n) is 9.83. The van der Waals surface area contributed by atoms with E-state index in [9.17, 15) is 23.2 Å². The molecule has 2 aliphatic heterocycles. The number of carbonyl (C=O) groups is 3. The van der Waals surface area contributed by atoms with E-state index < -0.39 is 11.6 Å². The summed E-state index contributed by atoms with van der Waals surface area (Å²) in [6, 6.07) is 6.34. The minimum atomic E-state index is -0.643. The number of carbonyl (C=O) groups excluding carboxylic acids is 3. The molecule has 5 nitrogen and oxygen atoms in total. The Morgan fingerprint density at radius 1 is 0.903 bits per heavy atom. The largest absolute Gasteiger partial charge is 0.309 e. The van der Waals surface area contributed by atoms with Gasteiger partial charge in [-0.05, 0) is 42.5 Å². The second-order valence-corrected chi connectivity index (χ2v) is 8.54. The third kappa shape index (κ3) is 4.29. The topological polar surface area (TPSA) is 57.7 Å². The summed E-state index contributed by atoms with van der Waals surface area (Å²) in [5.41, 5.74) is 0.931. The Morgan fingerprint density at radius 2 is 1.55 bits per heavy atom. The molecular weight excluding hydrogens is 449 g/mol. The molecule has 0 bridgehead atoms. The number of nitrogens with zero attached hydrogens (tertiary/aromatic N) is 2. The van der Waals surface area contributed by atoms with Gasteiger partial charge in [-0.15, -0.1) is 0 Å². The number of benzene rings is 2. The van der Waals surface area contributed by atoms with Gasteiger partial charge < -0.3 is 4.90 Å². The van der Waals surface area contributed by atoms with Crippen LogP contribution < -0.4 is 9.80 Å². The van der Waals surface area contributed by atoms with Crippen LogP contribution in [0.5, 0.6) is 0 Å². The lowest BCUT2D eigenvalue weighted by Crippen LogP contribution is -2.41. The number of rotatable bonds is 4. The molecule has 2 saturated heterocycles. The monoisotopic (exact) mass is 466 g/mol. The molecule has 0 saturated carbocycles. The number of hydrogen-bond donors (Lipinski definition) is 0. The lowest BCUT2D eigenvalue weighted by atomic mass is 9.90. The van der Waals surface area contributed by atoms with Crippen LogP contribution in [-0.2, 0) is 20.8 Å². The third-order valence-electron chi connectivity index (χ3n) is 5.61. The van der Waals surface area contributed by atoms with Crippen molar-refractivity contribution in [2.24, 2.45) is 5.92 Å². The van der Waals surface area contributed by atoms with Crippen molar-refractivity contribution in [3.05, 3.63) is 57.6 Å². The van der Waals surface area contributed by atoms with Gasteiger partial charge in [0.25, 0.3) is 0 Å². The summed E-state index contributed by atoms with van der Waals surface area (Å²) in [4.78, 5) is 39.1. The van der Waals surface area contributed by atoms with E-state index in [2.05, 4.69) is 0 Å². The number of hydrogen-bond acceptors (Lipinski definition) is 3. The van der Waals surface area contributed by atoms with E-state index in [0.717, 1.165) is 11.0 Å². The molecule has 2 fully saturated rings. The Labute approximate surface area is 187 Å². The van der Waals surface area contributed by atoms with Crippen molar-refractivity contribution in [1.82, 2.24) is 0 Å². The van der Waals surface area contributed by atoms with Gasteiger partial charge in [0.2, 0.25) is 17.7 Å². The molecule has 0 aliphatic carbocycles. The average Bonchev–Trinajstić information content (AvgIpc) is 3.04. The van der Waals surface area contributed by atoms with Crippen LogP contribution in [0.3, 0.4) is 0 Å². The van der Waals surface area contributed by atoms with E-state index in [0.29, 0.717) is 24.1 Å². The zero-order valence-electron chi connectivity index (χ0n) is 16.3. The lowest BCUT2D eigenvalue weighted by Gasteiger charge is -2.34. The molecule has 2 aliphatic rings. The predicted octanol–water partition coefficient (Wildman–Crippen LogP) is 4.91. The fourth-order valence-corrected chi connectivity index (χ4v) is 4.78. The Hall–Kier alpha value is -2.51. The molecule has 1 unspecified atom stereocenters. The van der Waals surface area contributed by atoms with Crippen LogP contribution in [0.1, 0.15) is 31.2 Å². The molecule has 31 heavy (non-hydrogen) atoms. The van der Waals surface area contributed by atoms with Crippen molar-refractivity contribution in [3.8, 4) is 0 Å². The highest BCUT2D eigenvalue weighted by Crippen LogP contribution is 2.41. The number of piperidine rings is 1. The Bertz CT molecular complexity index is 1050. The first-order valence-corrected chi connectivity index (χ1v) is 10.6. The SMILES string of the molecule is O=C1CCC(Cc2ccc(F)cc2F)CN1c1c(Cl)cc(N2C(=O)CCC2=O)cc1Cl. The molecule has 162 valence electrons. The molecule has 2 aromatic carbocycles. The summed E-state index contributed by atoms with van der Waals surface area (Å²) in [6.07, 6.45) is 1.37. The van der Waals surface area contributed by atoms with Crippen molar-refractivity contribution < 1.29 is 23.2 Å². The molecule has 0 N–H and O–H groups in total. The smallest absolute Gasteiger partial charge is 0.234 e. The zero-order valence-corrected chi connectivity index (χ0v) is 17.8. The maximum atomic E-state index is 14.1. The molecule has 3 amide bonds. The second kappa shape index (κ2) is 8.55. The van der Waals surface area contributed by atoms with E-state index in [-0.39, 0.29) is 65.2 Å². The number of anilines is 2. The van der Waals surface area contributed by atoms with Gasteiger partial charge in [-0.25, -0.2) is 8.78 Å². The van der Waals surface area contributed by atoms with Crippen molar-refractivity contribution in [3.63, 3.8) is 0 Å². The maximum absolute atomic E-state index is 14.1. The summed E-state index contributed by atoms with van der Waals surface area (Å²) >= 11 is 12.9. The minimum Gasteiger partial charge on any atom is -0.309 e. The van der Waals surface area contributed by atoms with E-state index in [1.165, 1.54) is 29.2 Å². The second-order valence-electron chi connectivity index (χ2n) is 7.73. The summed E-state index contributed by atoms with van der Waals surface area (Å²) in [5.74, 6) is -2.19. The van der Waals surface area contributed by atoms with E-state index in [4.69, 9.17) is 23.2 Å². The molecule has 9 heteroatoms. The predicted molar refractivity (Wildman–Crippen MR) is 113 cm³/mol. The van der Waals surface area contributed by atoms with Gasteiger partial charge in [-0.1, -0.05) is 29.3 Å². The van der Waals surface area contributed by atoms with Crippen LogP contribution in [0.15, 0.2) is 30.3 Å². The highest BCUT2D eigenvalue weighted by Gasteiger charge is 2.34. The number of amides is 3. The van der Waals surface area contributed by atoms with Gasteiger partial charge in [-0.2, -0.15) is 0 Å². The summed E-state index contributed by atoms with van der Waals surface area (Å²) in [5, 5.41) is 0.272. The zero-order chi connectivity index (χ0) is 22.3. The van der Waals surface area contributed by atoms with E-state index in [1.54, 1.807) is 0 Å². The Kier molecular flexibility index (Phi) is 5.99. The van der Waals surface area contributed by atoms with E-state index in [1.807, 2.05) is 0 Å². The standard InChI is InChI=1S/C22H18Cl2F2N2O3/c23-16-9-15(28-20(30)5-6-21(28)31)10-17(24)22(16)27-11-12(1-4-19(27)29)7-13-2-3-14(25)8-18(13)26/h2-3,8-10,12H,1,4-7,11H2. The van der Waals surface area contributed by atoms with Crippen LogP contribution in [0.25, 0.3) is 0 Å². The van der Waals surface area contributed by atoms with Crippen molar-refractivity contribution >= 4 is 52.3 Å². The quantitative estimate of drug-likeness (QED) is 0.601. The highest BCUT2D eigenvalue weighted by atomic mass is 35.5. The van der Waals surface area contributed by atoms with Crippen LogP contribution in [-0.4, -0.2) is 24.3 Å². The Morgan fingerprint density at radius 3 is 2.16 bits per heavy atom. The molecule has 1 atom stereocenters. The normalized spacial score (nSPS) is 19.5.